The summed E-state index contributed by atoms with van der Waals surface area (Å²) in [6, 6.07) is 15.2. The van der Waals surface area contributed by atoms with Gasteiger partial charge in [-0.1, -0.05) is 24.3 Å². The Morgan fingerprint density at radius 3 is 2.43 bits per heavy atom. The number of aliphatic hydroxyl groups is 1. The largest absolute Gasteiger partial charge is 0.388 e. The predicted molar refractivity (Wildman–Crippen MR) is 96.7 cm³/mol. The summed E-state index contributed by atoms with van der Waals surface area (Å²) in [7, 11) is 2.70. The second-order valence-corrected chi connectivity index (χ2v) is 7.06. The molecule has 1 aliphatic rings. The average molecular weight is 331 g/mol. The van der Waals surface area contributed by atoms with Gasteiger partial charge in [0.25, 0.3) is 0 Å². The number of nitrogens with zero attached hydrogens (tertiary/aromatic N) is 1. The zero-order valence-electron chi connectivity index (χ0n) is 13.3. The molecule has 1 saturated heterocycles. The fourth-order valence-electron chi connectivity index (χ4n) is 3.25. The molecule has 1 heterocycles. The molecule has 3 rings (SSSR count). The van der Waals surface area contributed by atoms with E-state index in [9.17, 15) is 9.50 Å². The molecule has 0 saturated carbocycles. The number of hydrogen-bond donors (Lipinski definition) is 1. The Labute approximate surface area is 139 Å². The lowest BCUT2D eigenvalue weighted by Gasteiger charge is -2.48. The first kappa shape index (κ1) is 16.4. The van der Waals surface area contributed by atoms with Crippen molar-refractivity contribution in [2.24, 2.45) is 5.92 Å². The van der Waals surface area contributed by atoms with Gasteiger partial charge in [0.1, 0.15) is 5.82 Å². The minimum absolute atomic E-state index is 0.263. The van der Waals surface area contributed by atoms with Crippen LogP contribution in [0.15, 0.2) is 48.5 Å². The quantitative estimate of drug-likeness (QED) is 0.845. The normalized spacial score (nSPS) is 21.8. The van der Waals surface area contributed by atoms with Gasteiger partial charge in [-0.3, -0.25) is 0 Å². The molecular weight excluding hydrogens is 308 g/mol. The average Bonchev–Trinajstić information content (AvgIpc) is 2.55. The Bertz CT molecular complexity index is 643. The molecule has 0 spiro atoms. The standard InChI is InChI=1S/C19H23FNOP/c1-13-15(12-21(13)17-7-9-18(23)10-8-17)4-11-19(22)14-2-5-16(20)6-3-14/h2-3,5-10,13,15,19,22H,4,11-12,23H2,1H3. The van der Waals surface area contributed by atoms with Crippen LogP contribution in [0.25, 0.3) is 0 Å². The molecule has 4 atom stereocenters. The van der Waals surface area contributed by atoms with Crippen molar-refractivity contribution in [2.75, 3.05) is 11.4 Å². The minimum Gasteiger partial charge on any atom is -0.388 e. The first-order valence-corrected chi connectivity index (χ1v) is 8.68. The Hall–Kier alpha value is -1.44. The fourth-order valence-corrected chi connectivity index (χ4v) is 3.44. The van der Waals surface area contributed by atoms with Crippen LogP contribution in [0.3, 0.4) is 0 Å². The third-order valence-corrected chi connectivity index (χ3v) is 5.28. The summed E-state index contributed by atoms with van der Waals surface area (Å²) in [5, 5.41) is 11.4. The zero-order valence-corrected chi connectivity index (χ0v) is 14.5. The summed E-state index contributed by atoms with van der Waals surface area (Å²) >= 11 is 0. The first-order valence-electron chi connectivity index (χ1n) is 8.10. The van der Waals surface area contributed by atoms with Crippen molar-refractivity contribution in [3.05, 3.63) is 59.9 Å². The van der Waals surface area contributed by atoms with Crippen LogP contribution in [-0.4, -0.2) is 17.7 Å². The molecule has 0 radical (unpaired) electrons. The number of benzene rings is 2. The van der Waals surface area contributed by atoms with Gasteiger partial charge in [0.15, 0.2) is 0 Å². The third kappa shape index (κ3) is 3.73. The van der Waals surface area contributed by atoms with E-state index >= 15 is 0 Å². The summed E-state index contributed by atoms with van der Waals surface area (Å²) < 4.78 is 12.9. The smallest absolute Gasteiger partial charge is 0.123 e. The highest BCUT2D eigenvalue weighted by Gasteiger charge is 2.35. The zero-order chi connectivity index (χ0) is 16.4. The van der Waals surface area contributed by atoms with Crippen molar-refractivity contribution >= 4 is 20.2 Å². The van der Waals surface area contributed by atoms with Gasteiger partial charge in [-0.25, -0.2) is 4.39 Å². The summed E-state index contributed by atoms with van der Waals surface area (Å²) in [5.41, 5.74) is 2.06. The van der Waals surface area contributed by atoms with Crippen LogP contribution in [0.1, 0.15) is 31.4 Å². The predicted octanol–water partition coefficient (Wildman–Crippen LogP) is 3.66. The molecule has 2 aromatic rings. The summed E-state index contributed by atoms with van der Waals surface area (Å²) in [6.07, 6.45) is 1.20. The van der Waals surface area contributed by atoms with Gasteiger partial charge in [0, 0.05) is 18.3 Å². The lowest BCUT2D eigenvalue weighted by atomic mass is 9.84. The van der Waals surface area contributed by atoms with E-state index in [0.717, 1.165) is 24.9 Å². The van der Waals surface area contributed by atoms with Crippen LogP contribution in [0.2, 0.25) is 0 Å². The monoisotopic (exact) mass is 331 g/mol. The van der Waals surface area contributed by atoms with Crippen LogP contribution in [0.4, 0.5) is 10.1 Å². The molecule has 2 nitrogen and oxygen atoms in total. The molecule has 0 amide bonds. The third-order valence-electron chi connectivity index (χ3n) is 4.90. The maximum atomic E-state index is 12.9. The number of halogens is 1. The Balaban J connectivity index is 1.50. The van der Waals surface area contributed by atoms with Gasteiger partial charge >= 0.3 is 0 Å². The Morgan fingerprint density at radius 1 is 1.17 bits per heavy atom. The van der Waals surface area contributed by atoms with E-state index in [1.54, 1.807) is 12.1 Å². The molecule has 4 heteroatoms. The van der Waals surface area contributed by atoms with Crippen molar-refractivity contribution in [3.63, 3.8) is 0 Å². The van der Waals surface area contributed by atoms with Crippen molar-refractivity contribution in [2.45, 2.75) is 31.9 Å². The molecule has 1 fully saturated rings. The van der Waals surface area contributed by atoms with E-state index in [-0.39, 0.29) is 5.82 Å². The van der Waals surface area contributed by atoms with Gasteiger partial charge in [-0.15, -0.1) is 9.24 Å². The van der Waals surface area contributed by atoms with Gasteiger partial charge in [0.05, 0.1) is 6.10 Å². The summed E-state index contributed by atoms with van der Waals surface area (Å²) in [6.45, 7) is 3.28. The fraction of sp³-hybridized carbons (Fsp3) is 0.368. The van der Waals surface area contributed by atoms with Crippen molar-refractivity contribution in [1.29, 1.82) is 0 Å². The highest BCUT2D eigenvalue weighted by atomic mass is 31.0. The van der Waals surface area contributed by atoms with Crippen LogP contribution < -0.4 is 10.2 Å². The van der Waals surface area contributed by atoms with E-state index in [0.29, 0.717) is 12.0 Å². The van der Waals surface area contributed by atoms with E-state index in [1.165, 1.54) is 23.1 Å². The lowest BCUT2D eigenvalue weighted by Crippen LogP contribution is -2.54. The van der Waals surface area contributed by atoms with Crippen LogP contribution >= 0.6 is 9.24 Å². The molecule has 0 bridgehead atoms. The Kier molecular flexibility index (Phi) is 4.99. The maximum absolute atomic E-state index is 12.9. The van der Waals surface area contributed by atoms with Crippen LogP contribution in [0, 0.1) is 11.7 Å². The molecular formula is C19H23FNOP. The minimum atomic E-state index is -0.506. The molecule has 0 aliphatic carbocycles. The molecule has 122 valence electrons. The van der Waals surface area contributed by atoms with Gasteiger partial charge in [0.2, 0.25) is 0 Å². The molecule has 0 aromatic heterocycles. The molecule has 1 aliphatic heterocycles. The SMILES string of the molecule is CC1C(CCC(O)c2ccc(F)cc2)CN1c1ccc(P)cc1. The van der Waals surface area contributed by atoms with Gasteiger partial charge in [-0.2, -0.15) is 0 Å². The number of rotatable bonds is 5. The topological polar surface area (TPSA) is 23.5 Å². The second kappa shape index (κ2) is 6.98. The summed E-state index contributed by atoms with van der Waals surface area (Å²) in [4.78, 5) is 2.40. The van der Waals surface area contributed by atoms with E-state index in [1.807, 2.05) is 0 Å². The van der Waals surface area contributed by atoms with Crippen molar-refractivity contribution < 1.29 is 9.50 Å². The van der Waals surface area contributed by atoms with Gasteiger partial charge in [-0.05, 0) is 60.8 Å². The molecule has 4 unspecified atom stereocenters. The van der Waals surface area contributed by atoms with Crippen LogP contribution in [-0.2, 0) is 0 Å². The number of aliphatic hydroxyl groups excluding tert-OH is 1. The van der Waals surface area contributed by atoms with Crippen molar-refractivity contribution in [1.82, 2.24) is 0 Å². The van der Waals surface area contributed by atoms with E-state index in [4.69, 9.17) is 0 Å². The molecule has 2 aromatic carbocycles. The first-order chi connectivity index (χ1) is 11.0. The van der Waals surface area contributed by atoms with E-state index in [2.05, 4.69) is 45.3 Å². The summed E-state index contributed by atoms with van der Waals surface area (Å²) in [5.74, 6) is 0.335. The highest BCUT2D eigenvalue weighted by molar-refractivity contribution is 7.27. The second-order valence-electron chi connectivity index (χ2n) is 6.39. The number of anilines is 1. The van der Waals surface area contributed by atoms with Crippen molar-refractivity contribution in [3.8, 4) is 0 Å². The molecule has 1 N–H and O–H groups in total. The maximum Gasteiger partial charge on any atom is 0.123 e. The molecule has 23 heavy (non-hydrogen) atoms. The van der Waals surface area contributed by atoms with Gasteiger partial charge < -0.3 is 10.0 Å². The number of hydrogen-bond acceptors (Lipinski definition) is 2. The van der Waals surface area contributed by atoms with Crippen LogP contribution in [0.5, 0.6) is 0 Å². The lowest BCUT2D eigenvalue weighted by molar-refractivity contribution is 0.146. The highest BCUT2D eigenvalue weighted by Crippen LogP contribution is 2.35. The van der Waals surface area contributed by atoms with E-state index < -0.39 is 6.10 Å². The Morgan fingerprint density at radius 2 is 1.83 bits per heavy atom.